The Bertz CT molecular complexity index is 331. The fourth-order valence-electron chi connectivity index (χ4n) is 2.38. The summed E-state index contributed by atoms with van der Waals surface area (Å²) in [5.74, 6) is 0.987. The summed E-state index contributed by atoms with van der Waals surface area (Å²) in [7, 11) is 1.75. The average molecular weight is 237 g/mol. The Kier molecular flexibility index (Phi) is 4.42. The van der Waals surface area contributed by atoms with E-state index in [1.54, 1.807) is 7.11 Å². The number of hydrogen-bond acceptors (Lipinski definition) is 3. The Labute approximate surface area is 103 Å². The number of anilines is 1. The molecule has 0 radical (unpaired) electrons. The Hall–Kier alpha value is -1.03. The van der Waals surface area contributed by atoms with Crippen LogP contribution in [0.4, 0.5) is 5.95 Å². The predicted octanol–water partition coefficient (Wildman–Crippen LogP) is 2.66. The molecule has 1 N–H and O–H groups in total. The third kappa shape index (κ3) is 3.46. The lowest BCUT2D eigenvalue weighted by atomic mass is 9.96. The van der Waals surface area contributed by atoms with Gasteiger partial charge in [0.1, 0.15) is 0 Å². The molecule has 2 rings (SSSR count). The van der Waals surface area contributed by atoms with E-state index in [1.165, 1.54) is 32.1 Å². The second-order valence-electron chi connectivity index (χ2n) is 4.93. The van der Waals surface area contributed by atoms with Gasteiger partial charge in [0.2, 0.25) is 5.95 Å². The van der Waals surface area contributed by atoms with Crippen molar-refractivity contribution in [3.8, 4) is 0 Å². The molecule has 0 spiro atoms. The number of imidazole rings is 1. The maximum absolute atomic E-state index is 5.29. The summed E-state index contributed by atoms with van der Waals surface area (Å²) >= 11 is 0. The van der Waals surface area contributed by atoms with Gasteiger partial charge < -0.3 is 14.6 Å². The molecular weight excluding hydrogens is 214 g/mol. The van der Waals surface area contributed by atoms with E-state index in [2.05, 4.69) is 21.8 Å². The highest BCUT2D eigenvalue weighted by atomic mass is 16.5. The fraction of sp³-hybridized carbons (Fsp3) is 0.769. The minimum Gasteiger partial charge on any atom is -0.380 e. The number of methoxy groups -OCH3 is 1. The second-order valence-corrected chi connectivity index (χ2v) is 4.93. The molecule has 17 heavy (non-hydrogen) atoms. The number of hydrogen-bond donors (Lipinski definition) is 1. The predicted molar refractivity (Wildman–Crippen MR) is 69.2 cm³/mol. The Morgan fingerprint density at radius 1 is 1.47 bits per heavy atom. The summed E-state index contributed by atoms with van der Waals surface area (Å²) in [4.78, 5) is 4.39. The van der Waals surface area contributed by atoms with E-state index in [9.17, 15) is 0 Å². The zero-order valence-corrected chi connectivity index (χ0v) is 10.9. The molecule has 0 aromatic carbocycles. The number of rotatable bonds is 5. The number of ether oxygens (including phenoxy) is 1. The highest BCUT2D eigenvalue weighted by molar-refractivity contribution is 5.27. The van der Waals surface area contributed by atoms with Gasteiger partial charge in [0, 0.05) is 25.5 Å². The van der Waals surface area contributed by atoms with Crippen LogP contribution in [0.3, 0.4) is 0 Å². The van der Waals surface area contributed by atoms with E-state index < -0.39 is 0 Å². The molecule has 1 aromatic heterocycles. The maximum Gasteiger partial charge on any atom is 0.203 e. The summed E-state index contributed by atoms with van der Waals surface area (Å²) < 4.78 is 7.43. The molecule has 1 atom stereocenters. The molecule has 4 heteroatoms. The molecule has 1 aliphatic carbocycles. The average Bonchev–Trinajstić information content (AvgIpc) is 2.78. The van der Waals surface area contributed by atoms with Crippen molar-refractivity contribution in [1.29, 1.82) is 0 Å². The van der Waals surface area contributed by atoms with Crippen LogP contribution >= 0.6 is 0 Å². The lowest BCUT2D eigenvalue weighted by Crippen LogP contribution is -2.25. The minimum atomic E-state index is 0.219. The molecule has 1 aromatic rings. The Morgan fingerprint density at radius 3 is 2.94 bits per heavy atom. The van der Waals surface area contributed by atoms with E-state index in [1.807, 2.05) is 12.4 Å². The van der Waals surface area contributed by atoms with E-state index in [0.717, 1.165) is 12.5 Å². The van der Waals surface area contributed by atoms with Gasteiger partial charge in [-0.05, 0) is 19.8 Å². The lowest BCUT2D eigenvalue weighted by molar-refractivity contribution is 0.103. The van der Waals surface area contributed by atoms with Crippen molar-refractivity contribution in [3.05, 3.63) is 12.4 Å². The van der Waals surface area contributed by atoms with Crippen LogP contribution in [-0.2, 0) is 11.3 Å². The van der Waals surface area contributed by atoms with Gasteiger partial charge in [-0.2, -0.15) is 0 Å². The summed E-state index contributed by atoms with van der Waals surface area (Å²) in [5.41, 5.74) is 0. The first kappa shape index (κ1) is 12.4. The van der Waals surface area contributed by atoms with E-state index in [4.69, 9.17) is 4.74 Å². The van der Waals surface area contributed by atoms with Crippen LogP contribution in [0.15, 0.2) is 12.4 Å². The minimum absolute atomic E-state index is 0.219. The summed E-state index contributed by atoms with van der Waals surface area (Å²) in [6.07, 6.45) is 10.7. The number of nitrogens with zero attached hydrogens (tertiary/aromatic N) is 2. The van der Waals surface area contributed by atoms with Crippen molar-refractivity contribution < 1.29 is 4.74 Å². The molecule has 0 saturated heterocycles. The SMILES string of the molecule is COC(C)Cn1ccnc1NC1CCCCC1. The third-order valence-electron chi connectivity index (χ3n) is 3.51. The van der Waals surface area contributed by atoms with Gasteiger partial charge >= 0.3 is 0 Å². The van der Waals surface area contributed by atoms with Crippen LogP contribution in [0.25, 0.3) is 0 Å². The zero-order chi connectivity index (χ0) is 12.1. The summed E-state index contributed by atoms with van der Waals surface area (Å²) in [6.45, 7) is 2.93. The van der Waals surface area contributed by atoms with Gasteiger partial charge in [-0.25, -0.2) is 4.98 Å². The van der Waals surface area contributed by atoms with E-state index in [-0.39, 0.29) is 6.10 Å². The van der Waals surface area contributed by atoms with E-state index in [0.29, 0.717) is 6.04 Å². The highest BCUT2D eigenvalue weighted by Gasteiger charge is 2.15. The van der Waals surface area contributed by atoms with Gasteiger partial charge in [-0.15, -0.1) is 0 Å². The number of aromatic nitrogens is 2. The van der Waals surface area contributed by atoms with Gasteiger partial charge in [-0.3, -0.25) is 0 Å². The Morgan fingerprint density at radius 2 is 2.24 bits per heavy atom. The van der Waals surface area contributed by atoms with Crippen molar-refractivity contribution in [3.63, 3.8) is 0 Å². The fourth-order valence-corrected chi connectivity index (χ4v) is 2.38. The maximum atomic E-state index is 5.29. The van der Waals surface area contributed by atoms with Crippen LogP contribution in [0.1, 0.15) is 39.0 Å². The van der Waals surface area contributed by atoms with Crippen LogP contribution in [-0.4, -0.2) is 28.8 Å². The summed E-state index contributed by atoms with van der Waals surface area (Å²) in [6, 6.07) is 0.600. The van der Waals surface area contributed by atoms with Crippen molar-refractivity contribution in [1.82, 2.24) is 9.55 Å². The van der Waals surface area contributed by atoms with Gasteiger partial charge in [0.05, 0.1) is 12.6 Å². The Balaban J connectivity index is 1.93. The van der Waals surface area contributed by atoms with E-state index >= 15 is 0 Å². The third-order valence-corrected chi connectivity index (χ3v) is 3.51. The van der Waals surface area contributed by atoms with Gasteiger partial charge in [0.25, 0.3) is 0 Å². The van der Waals surface area contributed by atoms with Crippen molar-refractivity contribution in [2.45, 2.75) is 57.7 Å². The van der Waals surface area contributed by atoms with Crippen molar-refractivity contribution >= 4 is 5.95 Å². The summed E-state index contributed by atoms with van der Waals surface area (Å²) in [5, 5.41) is 3.56. The van der Waals surface area contributed by atoms with Gasteiger partial charge in [-0.1, -0.05) is 19.3 Å². The van der Waals surface area contributed by atoms with Crippen LogP contribution in [0.5, 0.6) is 0 Å². The van der Waals surface area contributed by atoms with Crippen LogP contribution < -0.4 is 5.32 Å². The first-order chi connectivity index (χ1) is 8.29. The largest absolute Gasteiger partial charge is 0.380 e. The molecule has 1 unspecified atom stereocenters. The molecule has 1 heterocycles. The monoisotopic (exact) mass is 237 g/mol. The topological polar surface area (TPSA) is 39.1 Å². The van der Waals surface area contributed by atoms with Crippen LogP contribution in [0.2, 0.25) is 0 Å². The lowest BCUT2D eigenvalue weighted by Gasteiger charge is -2.24. The highest BCUT2D eigenvalue weighted by Crippen LogP contribution is 2.21. The molecule has 0 amide bonds. The molecule has 1 fully saturated rings. The van der Waals surface area contributed by atoms with Gasteiger partial charge in [0.15, 0.2) is 0 Å². The van der Waals surface area contributed by atoms with Crippen LogP contribution in [0, 0.1) is 0 Å². The smallest absolute Gasteiger partial charge is 0.203 e. The molecule has 1 aliphatic rings. The molecule has 4 nitrogen and oxygen atoms in total. The molecule has 96 valence electrons. The standard InChI is InChI=1S/C13H23N3O/c1-11(17-2)10-16-9-8-14-13(16)15-12-6-4-3-5-7-12/h8-9,11-12H,3-7,10H2,1-2H3,(H,14,15). The van der Waals surface area contributed by atoms with Crippen molar-refractivity contribution in [2.75, 3.05) is 12.4 Å². The normalized spacial score (nSPS) is 19.2. The molecule has 0 aliphatic heterocycles. The quantitative estimate of drug-likeness (QED) is 0.855. The number of nitrogens with one attached hydrogen (secondary N) is 1. The molecule has 0 bridgehead atoms. The first-order valence-corrected chi connectivity index (χ1v) is 6.60. The van der Waals surface area contributed by atoms with Crippen molar-refractivity contribution in [2.24, 2.45) is 0 Å². The first-order valence-electron chi connectivity index (χ1n) is 6.60. The zero-order valence-electron chi connectivity index (χ0n) is 10.9. The molecule has 1 saturated carbocycles. The second kappa shape index (κ2) is 6.05. The molecular formula is C13H23N3O.